The predicted molar refractivity (Wildman–Crippen MR) is 124 cm³/mol. The highest BCUT2D eigenvalue weighted by Crippen LogP contribution is 2.57. The van der Waals surface area contributed by atoms with Crippen LogP contribution in [0, 0.1) is 11.3 Å². The van der Waals surface area contributed by atoms with Crippen LogP contribution in [-0.4, -0.2) is 41.1 Å². The molecule has 2 saturated heterocycles. The second-order valence-electron chi connectivity index (χ2n) is 9.15. The summed E-state index contributed by atoms with van der Waals surface area (Å²) in [5.41, 5.74) is 0.755. The van der Waals surface area contributed by atoms with Crippen molar-refractivity contribution in [2.45, 2.75) is 31.5 Å². The van der Waals surface area contributed by atoms with Gasteiger partial charge in [-0.2, -0.15) is 13.2 Å². The highest BCUT2D eigenvalue weighted by atomic mass is 19.4. The molecule has 0 radical (unpaired) electrons. The van der Waals surface area contributed by atoms with Crippen LogP contribution in [0.25, 0.3) is 0 Å². The number of benzene rings is 1. The molecule has 2 fully saturated rings. The molecule has 2 aromatic rings. The molecule has 0 saturated carbocycles. The smallest absolute Gasteiger partial charge is 0.324 e. The van der Waals surface area contributed by atoms with E-state index in [0.717, 1.165) is 11.6 Å². The Morgan fingerprint density at radius 3 is 2.37 bits per heavy atom. The fourth-order valence-electron chi connectivity index (χ4n) is 5.25. The van der Waals surface area contributed by atoms with E-state index >= 15 is 0 Å². The Hall–Kier alpha value is -3.62. The summed E-state index contributed by atoms with van der Waals surface area (Å²) >= 11 is 0. The number of hydrogen-bond donors (Lipinski definition) is 1. The summed E-state index contributed by atoms with van der Waals surface area (Å²) in [7, 11) is 0. The first-order valence-electron chi connectivity index (χ1n) is 11.6. The number of nitrogens with one attached hydrogen (secondary N) is 1. The van der Waals surface area contributed by atoms with Gasteiger partial charge in [-0.25, -0.2) is 9.78 Å². The van der Waals surface area contributed by atoms with Crippen LogP contribution in [0.1, 0.15) is 30.9 Å². The number of piperidine rings is 1. The number of urea groups is 1. The van der Waals surface area contributed by atoms with Crippen molar-refractivity contribution in [1.82, 2.24) is 15.2 Å². The number of allylic oxidation sites excluding steroid dienone is 3. The van der Waals surface area contributed by atoms with Crippen molar-refractivity contribution < 1.29 is 22.8 Å². The van der Waals surface area contributed by atoms with Gasteiger partial charge in [-0.1, -0.05) is 48.6 Å². The maximum atomic E-state index is 13.5. The monoisotopic (exact) mass is 482 g/mol. The highest BCUT2D eigenvalue weighted by molar-refractivity contribution is 6.05. The van der Waals surface area contributed by atoms with Crippen molar-refractivity contribution >= 4 is 17.8 Å². The molecule has 3 heterocycles. The molecule has 2 unspecified atom stereocenters. The lowest BCUT2D eigenvalue weighted by molar-refractivity contribution is -0.160. The summed E-state index contributed by atoms with van der Waals surface area (Å²) in [4.78, 5) is 34.0. The van der Waals surface area contributed by atoms with Gasteiger partial charge in [0.2, 0.25) is 5.91 Å². The van der Waals surface area contributed by atoms with Crippen molar-refractivity contribution in [3.63, 3.8) is 0 Å². The number of β-lactam (4-membered cyclic amide) rings is 1. The summed E-state index contributed by atoms with van der Waals surface area (Å²) in [5.74, 6) is -0.925. The zero-order valence-corrected chi connectivity index (χ0v) is 18.9. The summed E-state index contributed by atoms with van der Waals surface area (Å²) in [5, 5.41) is 2.70. The molecule has 2 aliphatic heterocycles. The minimum Gasteiger partial charge on any atom is -0.324 e. The molecule has 182 valence electrons. The summed E-state index contributed by atoms with van der Waals surface area (Å²) in [6.45, 7) is 0.748. The second-order valence-corrected chi connectivity index (χ2v) is 9.15. The molecular formula is C26H25F3N4O2. The molecule has 1 aromatic carbocycles. The number of alkyl halides is 3. The van der Waals surface area contributed by atoms with E-state index < -0.39 is 17.5 Å². The largest absolute Gasteiger partial charge is 0.395 e. The topological polar surface area (TPSA) is 65.5 Å². The number of carbonyl (C=O) groups excluding carboxylic acids is 2. The summed E-state index contributed by atoms with van der Waals surface area (Å²) in [6, 6.07) is 14.7. The van der Waals surface area contributed by atoms with Crippen molar-refractivity contribution in [2.75, 3.05) is 18.0 Å². The van der Waals surface area contributed by atoms with Gasteiger partial charge in [-0.15, -0.1) is 0 Å². The SMILES string of the molecule is O=C(NC1=CCC(C(F)(F)F)C=C1)N1CCC2(CC1)C(=O)N(c1ccccn1)C2c1ccccc1. The minimum atomic E-state index is -4.29. The molecule has 9 heteroatoms. The Balaban J connectivity index is 1.28. The van der Waals surface area contributed by atoms with E-state index in [4.69, 9.17) is 0 Å². The van der Waals surface area contributed by atoms with Crippen LogP contribution < -0.4 is 10.2 Å². The average molecular weight is 483 g/mol. The number of rotatable bonds is 3. The zero-order valence-electron chi connectivity index (χ0n) is 18.9. The quantitative estimate of drug-likeness (QED) is 0.628. The lowest BCUT2D eigenvalue weighted by Gasteiger charge is -2.58. The molecule has 3 amide bonds. The third kappa shape index (κ3) is 4.19. The van der Waals surface area contributed by atoms with E-state index in [1.54, 1.807) is 22.1 Å². The van der Waals surface area contributed by atoms with Gasteiger partial charge >= 0.3 is 12.2 Å². The van der Waals surface area contributed by atoms with Crippen molar-refractivity contribution in [1.29, 1.82) is 0 Å². The first-order chi connectivity index (χ1) is 16.8. The Labute approximate surface area is 201 Å². The Morgan fingerprint density at radius 2 is 1.77 bits per heavy atom. The minimum absolute atomic E-state index is 0.00114. The lowest BCUT2D eigenvalue weighted by Crippen LogP contribution is -2.67. The van der Waals surface area contributed by atoms with Gasteiger partial charge < -0.3 is 10.2 Å². The number of anilines is 1. The maximum absolute atomic E-state index is 13.5. The standard InChI is InChI=1S/C26H25F3N4O2/c27-26(28,29)19-9-11-20(12-10-19)31-24(35)32-16-13-25(14-17-32)22(18-6-2-1-3-7-18)33(23(25)34)21-8-4-5-15-30-21/h1-9,11-12,15,19,22H,10,13-14,16-17H2,(H,31,35). The third-order valence-corrected chi connectivity index (χ3v) is 7.15. The molecular weight excluding hydrogens is 457 g/mol. The van der Waals surface area contributed by atoms with Gasteiger partial charge in [-0.05, 0) is 43.0 Å². The molecule has 3 aliphatic rings. The van der Waals surface area contributed by atoms with Gasteiger partial charge in [0.1, 0.15) is 5.82 Å². The van der Waals surface area contributed by atoms with Crippen LogP contribution in [0.5, 0.6) is 0 Å². The molecule has 5 rings (SSSR count). The second kappa shape index (κ2) is 8.87. The number of carbonyl (C=O) groups is 2. The third-order valence-electron chi connectivity index (χ3n) is 7.15. The molecule has 1 N–H and O–H groups in total. The Kier molecular flexibility index (Phi) is 5.86. The molecule has 0 bridgehead atoms. The normalized spacial score (nSPS) is 23.6. The van der Waals surface area contributed by atoms with E-state index in [9.17, 15) is 22.8 Å². The van der Waals surface area contributed by atoms with E-state index in [1.807, 2.05) is 42.5 Å². The number of pyridine rings is 1. The molecule has 35 heavy (non-hydrogen) atoms. The van der Waals surface area contributed by atoms with Crippen LogP contribution in [0.2, 0.25) is 0 Å². The van der Waals surface area contributed by atoms with Gasteiger partial charge in [0, 0.05) is 25.0 Å². The zero-order chi connectivity index (χ0) is 24.6. The fraction of sp³-hybridized carbons (Fsp3) is 0.346. The number of likely N-dealkylation sites (tertiary alicyclic amines) is 1. The van der Waals surface area contributed by atoms with E-state index in [2.05, 4.69) is 10.3 Å². The number of nitrogens with zero attached hydrogens (tertiary/aromatic N) is 3. The Bertz CT molecular complexity index is 1160. The van der Waals surface area contributed by atoms with Gasteiger partial charge in [0.15, 0.2) is 0 Å². The highest BCUT2D eigenvalue weighted by Gasteiger charge is 2.62. The van der Waals surface area contributed by atoms with Crippen molar-refractivity contribution in [3.8, 4) is 0 Å². The Morgan fingerprint density at radius 1 is 1.06 bits per heavy atom. The molecule has 1 aromatic heterocycles. The molecule has 1 aliphatic carbocycles. The molecule has 1 spiro atoms. The summed E-state index contributed by atoms with van der Waals surface area (Å²) < 4.78 is 38.5. The number of halogens is 3. The van der Waals surface area contributed by atoms with Crippen molar-refractivity contribution in [2.24, 2.45) is 11.3 Å². The first-order valence-corrected chi connectivity index (χ1v) is 11.6. The summed E-state index contributed by atoms with van der Waals surface area (Å²) in [6.07, 6.45) is 1.93. The molecule has 2 atom stereocenters. The molecule has 6 nitrogen and oxygen atoms in total. The lowest BCUT2D eigenvalue weighted by atomic mass is 9.62. The van der Waals surface area contributed by atoms with E-state index in [-0.39, 0.29) is 24.4 Å². The van der Waals surface area contributed by atoms with Crippen LogP contribution >= 0.6 is 0 Å². The van der Waals surface area contributed by atoms with Crippen LogP contribution in [0.3, 0.4) is 0 Å². The predicted octanol–water partition coefficient (Wildman–Crippen LogP) is 4.98. The number of aromatic nitrogens is 1. The van der Waals surface area contributed by atoms with Gasteiger partial charge in [-0.3, -0.25) is 9.69 Å². The van der Waals surface area contributed by atoms with Gasteiger partial charge in [0.05, 0.1) is 17.4 Å². The van der Waals surface area contributed by atoms with E-state index in [1.165, 1.54) is 12.2 Å². The van der Waals surface area contributed by atoms with Crippen LogP contribution in [-0.2, 0) is 4.79 Å². The van der Waals surface area contributed by atoms with Crippen LogP contribution in [0.4, 0.5) is 23.8 Å². The number of amides is 3. The van der Waals surface area contributed by atoms with Gasteiger partial charge in [0.25, 0.3) is 0 Å². The fourth-order valence-corrected chi connectivity index (χ4v) is 5.25. The average Bonchev–Trinajstić information content (AvgIpc) is 2.87. The maximum Gasteiger partial charge on any atom is 0.395 e. The van der Waals surface area contributed by atoms with Crippen LogP contribution in [0.15, 0.2) is 78.7 Å². The van der Waals surface area contributed by atoms with Crippen molar-refractivity contribution in [3.05, 3.63) is 84.2 Å². The number of hydrogen-bond acceptors (Lipinski definition) is 3. The first kappa shape index (κ1) is 23.1. The van der Waals surface area contributed by atoms with E-state index in [0.29, 0.717) is 37.4 Å².